The third kappa shape index (κ3) is 3.35. The number of ether oxygens (including phenoxy) is 1. The van der Waals surface area contributed by atoms with E-state index in [2.05, 4.69) is 10.3 Å². The molecule has 1 spiro atoms. The monoisotopic (exact) mass is 381 g/mol. The Kier molecular flexibility index (Phi) is 4.58. The van der Waals surface area contributed by atoms with Crippen molar-refractivity contribution in [2.75, 3.05) is 20.2 Å². The number of nitrogens with zero attached hydrogens (tertiary/aromatic N) is 2. The molecule has 4 rings (SSSR count). The van der Waals surface area contributed by atoms with Gasteiger partial charge in [0.15, 0.2) is 0 Å². The summed E-state index contributed by atoms with van der Waals surface area (Å²) in [7, 11) is 1.57. The molecule has 0 atom stereocenters. The molecule has 28 heavy (non-hydrogen) atoms. The summed E-state index contributed by atoms with van der Waals surface area (Å²) in [5.74, 6) is -0.215. The first-order valence-corrected chi connectivity index (χ1v) is 9.11. The largest absolute Gasteiger partial charge is 0.497 e. The van der Waals surface area contributed by atoms with Gasteiger partial charge >= 0.3 is 0 Å². The number of hydrogen-bond acceptors (Lipinski definition) is 4. The van der Waals surface area contributed by atoms with Crippen LogP contribution in [0.15, 0.2) is 53.5 Å². The molecular formula is C21H20FN3O3. The molecule has 1 saturated heterocycles. The van der Waals surface area contributed by atoms with Gasteiger partial charge in [-0.2, -0.15) is 0 Å². The van der Waals surface area contributed by atoms with Crippen LogP contribution in [0.4, 0.5) is 4.39 Å². The molecule has 7 heteroatoms. The second-order valence-electron chi connectivity index (χ2n) is 6.98. The molecule has 2 aromatic carbocycles. The fraction of sp³-hybridized carbons (Fsp3) is 0.286. The standard InChI is InChI=1S/C21H20FN3O3/c1-28-17-7-3-4-14(13-17)18-19(26)24-21(23-18)8-10-25(11-9-21)20(27)15-5-2-6-16(22)12-15/h2-7,12-13H,8-11H2,1H3,(H,24,26). The number of amides is 2. The van der Waals surface area contributed by atoms with Gasteiger partial charge in [0.25, 0.3) is 11.8 Å². The van der Waals surface area contributed by atoms with Gasteiger partial charge in [-0.3, -0.25) is 14.6 Å². The molecule has 1 N–H and O–H groups in total. The van der Waals surface area contributed by atoms with Gasteiger partial charge in [-0.15, -0.1) is 0 Å². The number of benzene rings is 2. The topological polar surface area (TPSA) is 71.0 Å². The van der Waals surface area contributed by atoms with E-state index in [-0.39, 0.29) is 11.8 Å². The van der Waals surface area contributed by atoms with Crippen LogP contribution in [0.25, 0.3) is 0 Å². The lowest BCUT2D eigenvalue weighted by atomic mass is 9.97. The SMILES string of the molecule is COc1cccc(C2=NC3(CCN(C(=O)c4cccc(F)c4)CC3)NC2=O)c1. The number of hydrogen-bond donors (Lipinski definition) is 1. The smallest absolute Gasteiger partial charge is 0.272 e. The molecule has 2 aliphatic heterocycles. The maximum Gasteiger partial charge on any atom is 0.272 e. The lowest BCUT2D eigenvalue weighted by Crippen LogP contribution is -2.52. The first kappa shape index (κ1) is 18.2. The van der Waals surface area contributed by atoms with Crippen molar-refractivity contribution in [2.24, 2.45) is 4.99 Å². The number of methoxy groups -OCH3 is 1. The van der Waals surface area contributed by atoms with E-state index in [9.17, 15) is 14.0 Å². The van der Waals surface area contributed by atoms with E-state index in [4.69, 9.17) is 4.74 Å². The van der Waals surface area contributed by atoms with Crippen LogP contribution in [-0.2, 0) is 4.79 Å². The maximum absolute atomic E-state index is 13.4. The van der Waals surface area contributed by atoms with Crippen molar-refractivity contribution >= 4 is 17.5 Å². The highest BCUT2D eigenvalue weighted by atomic mass is 19.1. The lowest BCUT2D eigenvalue weighted by molar-refractivity contribution is -0.115. The van der Waals surface area contributed by atoms with Gasteiger partial charge in [-0.1, -0.05) is 18.2 Å². The molecule has 2 aromatic rings. The van der Waals surface area contributed by atoms with E-state index >= 15 is 0 Å². The van der Waals surface area contributed by atoms with Gasteiger partial charge < -0.3 is 15.0 Å². The Morgan fingerprint density at radius 2 is 1.93 bits per heavy atom. The zero-order chi connectivity index (χ0) is 19.7. The van der Waals surface area contributed by atoms with Crippen molar-refractivity contribution in [3.05, 3.63) is 65.5 Å². The van der Waals surface area contributed by atoms with Gasteiger partial charge in [0.1, 0.15) is 22.9 Å². The second-order valence-corrected chi connectivity index (χ2v) is 6.98. The van der Waals surface area contributed by atoms with Crippen LogP contribution < -0.4 is 10.1 Å². The average molecular weight is 381 g/mol. The van der Waals surface area contributed by atoms with Crippen molar-refractivity contribution in [3.63, 3.8) is 0 Å². The fourth-order valence-electron chi connectivity index (χ4n) is 3.65. The van der Waals surface area contributed by atoms with Crippen LogP contribution in [0.3, 0.4) is 0 Å². The van der Waals surface area contributed by atoms with Crippen LogP contribution in [0, 0.1) is 5.82 Å². The third-order valence-electron chi connectivity index (χ3n) is 5.18. The Bertz CT molecular complexity index is 965. The van der Waals surface area contributed by atoms with E-state index in [1.165, 1.54) is 18.2 Å². The summed E-state index contributed by atoms with van der Waals surface area (Å²) in [5.41, 5.74) is 0.705. The van der Waals surface area contributed by atoms with Crippen LogP contribution in [0.5, 0.6) is 5.75 Å². The summed E-state index contributed by atoms with van der Waals surface area (Å²) in [6, 6.07) is 12.9. The number of carbonyl (C=O) groups is 2. The number of halogens is 1. The molecule has 0 saturated carbocycles. The molecule has 144 valence electrons. The summed E-state index contributed by atoms with van der Waals surface area (Å²) in [5, 5.41) is 2.98. The number of piperidine rings is 1. The highest BCUT2D eigenvalue weighted by Gasteiger charge is 2.43. The lowest BCUT2D eigenvalue weighted by Gasteiger charge is -2.37. The fourth-order valence-corrected chi connectivity index (χ4v) is 3.65. The minimum Gasteiger partial charge on any atom is -0.497 e. The highest BCUT2D eigenvalue weighted by Crippen LogP contribution is 2.30. The predicted molar refractivity (Wildman–Crippen MR) is 102 cm³/mol. The van der Waals surface area contributed by atoms with Crippen LogP contribution >= 0.6 is 0 Å². The van der Waals surface area contributed by atoms with Crippen LogP contribution in [0.1, 0.15) is 28.8 Å². The number of nitrogens with one attached hydrogen (secondary N) is 1. The van der Waals surface area contributed by atoms with Gasteiger partial charge in [-0.05, 0) is 30.3 Å². The normalized spacial score (nSPS) is 18.0. The summed E-state index contributed by atoms with van der Waals surface area (Å²) < 4.78 is 18.6. The predicted octanol–water partition coefficient (Wildman–Crippen LogP) is 2.39. The van der Waals surface area contributed by atoms with Crippen molar-refractivity contribution in [1.82, 2.24) is 10.2 Å². The zero-order valence-electron chi connectivity index (χ0n) is 15.4. The molecule has 0 aliphatic carbocycles. The molecule has 2 heterocycles. The average Bonchev–Trinajstić information content (AvgIpc) is 3.04. The molecule has 1 fully saturated rings. The Balaban J connectivity index is 1.50. The number of carbonyl (C=O) groups excluding carboxylic acids is 2. The van der Waals surface area contributed by atoms with E-state index in [1.54, 1.807) is 24.1 Å². The third-order valence-corrected chi connectivity index (χ3v) is 5.18. The number of likely N-dealkylation sites (tertiary alicyclic amines) is 1. The van der Waals surface area contributed by atoms with Crippen molar-refractivity contribution in [3.8, 4) is 5.75 Å². The molecule has 2 aliphatic rings. The van der Waals surface area contributed by atoms with Crippen LogP contribution in [0.2, 0.25) is 0 Å². The molecule has 0 radical (unpaired) electrons. The molecule has 2 amide bonds. The summed E-state index contributed by atoms with van der Waals surface area (Å²) in [4.78, 5) is 31.5. The number of rotatable bonds is 3. The van der Waals surface area contributed by atoms with E-state index < -0.39 is 11.5 Å². The van der Waals surface area contributed by atoms with Crippen LogP contribution in [-0.4, -0.2) is 48.3 Å². The molecule has 0 aromatic heterocycles. The van der Waals surface area contributed by atoms with Crippen molar-refractivity contribution in [2.45, 2.75) is 18.5 Å². The minimum absolute atomic E-state index is 0.212. The van der Waals surface area contributed by atoms with Crippen molar-refractivity contribution in [1.29, 1.82) is 0 Å². The first-order chi connectivity index (χ1) is 13.5. The number of aliphatic imine (C=N–C) groups is 1. The zero-order valence-corrected chi connectivity index (χ0v) is 15.4. The Labute approximate surface area is 162 Å². The Morgan fingerprint density at radius 3 is 2.64 bits per heavy atom. The summed E-state index contributed by atoms with van der Waals surface area (Å²) in [6.45, 7) is 0.870. The van der Waals surface area contributed by atoms with E-state index in [1.807, 2.05) is 18.2 Å². The molecule has 0 bridgehead atoms. The van der Waals surface area contributed by atoms with Crippen molar-refractivity contribution < 1.29 is 18.7 Å². The minimum atomic E-state index is -0.700. The van der Waals surface area contributed by atoms with Gasteiger partial charge in [-0.25, -0.2) is 4.39 Å². The molecule has 6 nitrogen and oxygen atoms in total. The van der Waals surface area contributed by atoms with Gasteiger partial charge in [0, 0.05) is 37.1 Å². The van der Waals surface area contributed by atoms with Gasteiger partial charge in [0.2, 0.25) is 0 Å². The molecule has 0 unspecified atom stereocenters. The second kappa shape index (κ2) is 7.07. The summed E-state index contributed by atoms with van der Waals surface area (Å²) >= 11 is 0. The summed E-state index contributed by atoms with van der Waals surface area (Å²) in [6.07, 6.45) is 1.01. The maximum atomic E-state index is 13.4. The van der Waals surface area contributed by atoms with E-state index in [0.29, 0.717) is 48.5 Å². The highest BCUT2D eigenvalue weighted by molar-refractivity contribution is 6.46. The van der Waals surface area contributed by atoms with Gasteiger partial charge in [0.05, 0.1) is 7.11 Å². The Morgan fingerprint density at radius 1 is 1.18 bits per heavy atom. The van der Waals surface area contributed by atoms with E-state index in [0.717, 1.165) is 0 Å². The first-order valence-electron chi connectivity index (χ1n) is 9.11. The Hall–Kier alpha value is -3.22. The quantitative estimate of drug-likeness (QED) is 0.888. The molecular weight excluding hydrogens is 361 g/mol.